The second-order valence-electron chi connectivity index (χ2n) is 5.95. The Hall–Kier alpha value is -3.29. The van der Waals surface area contributed by atoms with E-state index in [4.69, 9.17) is 14.3 Å². The molecule has 140 valence electrons. The first kappa shape index (κ1) is 18.5. The maximum absolute atomic E-state index is 12.9. The number of aromatic carboxylic acids is 1. The van der Waals surface area contributed by atoms with Gasteiger partial charge in [0.05, 0.1) is 5.56 Å². The second-order valence-corrected chi connectivity index (χ2v) is 5.95. The van der Waals surface area contributed by atoms with Crippen molar-refractivity contribution in [2.75, 3.05) is 0 Å². The number of aryl methyl sites for hydroxylation is 1. The first-order valence-electron chi connectivity index (χ1n) is 7.75. The van der Waals surface area contributed by atoms with Gasteiger partial charge in [-0.2, -0.15) is 13.2 Å². The van der Waals surface area contributed by atoms with Crippen LogP contribution in [0.5, 0.6) is 5.75 Å². The fourth-order valence-corrected chi connectivity index (χ4v) is 2.61. The van der Waals surface area contributed by atoms with E-state index in [1.54, 1.807) is 13.0 Å². The van der Waals surface area contributed by atoms with E-state index in [9.17, 15) is 22.8 Å². The van der Waals surface area contributed by atoms with Crippen LogP contribution in [-0.4, -0.2) is 11.1 Å². The third-order valence-electron chi connectivity index (χ3n) is 3.81. The van der Waals surface area contributed by atoms with Crippen LogP contribution in [0.3, 0.4) is 0 Å². The Bertz CT molecular complexity index is 1080. The van der Waals surface area contributed by atoms with E-state index >= 15 is 0 Å². The summed E-state index contributed by atoms with van der Waals surface area (Å²) < 4.78 is 49.1. The van der Waals surface area contributed by atoms with Crippen LogP contribution in [-0.2, 0) is 12.8 Å². The fourth-order valence-electron chi connectivity index (χ4n) is 2.61. The number of hydrogen-bond donors (Lipinski definition) is 1. The van der Waals surface area contributed by atoms with Crippen LogP contribution in [0.1, 0.15) is 27.0 Å². The highest BCUT2D eigenvalue weighted by molar-refractivity contribution is 5.91. The van der Waals surface area contributed by atoms with Crippen LogP contribution in [0.4, 0.5) is 13.2 Å². The molecule has 0 amide bonds. The normalized spacial score (nSPS) is 11.6. The number of rotatable bonds is 4. The number of ether oxygens (including phenoxy) is 1. The van der Waals surface area contributed by atoms with Crippen LogP contribution in [0.2, 0.25) is 0 Å². The lowest BCUT2D eigenvalue weighted by molar-refractivity contribution is -0.137. The third-order valence-corrected chi connectivity index (χ3v) is 3.81. The van der Waals surface area contributed by atoms with Crippen LogP contribution >= 0.6 is 0 Å². The van der Waals surface area contributed by atoms with Crippen molar-refractivity contribution >= 4 is 16.9 Å². The summed E-state index contributed by atoms with van der Waals surface area (Å²) in [6.07, 6.45) is -4.45. The van der Waals surface area contributed by atoms with E-state index in [-0.39, 0.29) is 17.9 Å². The van der Waals surface area contributed by atoms with Gasteiger partial charge >= 0.3 is 17.8 Å². The molecular formula is C19H13F3O5. The Morgan fingerprint density at radius 1 is 1.15 bits per heavy atom. The monoisotopic (exact) mass is 378 g/mol. The number of carboxylic acid groups (broad SMARTS) is 1. The Labute approximate surface area is 150 Å². The number of carboxylic acids is 1. The number of carbonyl (C=O) groups is 1. The Morgan fingerprint density at radius 3 is 2.56 bits per heavy atom. The quantitative estimate of drug-likeness (QED) is 0.681. The molecular weight excluding hydrogens is 365 g/mol. The molecule has 0 radical (unpaired) electrons. The summed E-state index contributed by atoms with van der Waals surface area (Å²) >= 11 is 0. The van der Waals surface area contributed by atoms with Crippen LogP contribution in [0.15, 0.2) is 51.7 Å². The second kappa shape index (κ2) is 6.79. The maximum Gasteiger partial charge on any atom is 0.416 e. The average molecular weight is 378 g/mol. The number of fused-ring (bicyclic) bond motifs is 1. The highest BCUT2D eigenvalue weighted by atomic mass is 19.4. The van der Waals surface area contributed by atoms with Crippen molar-refractivity contribution in [3.8, 4) is 5.75 Å². The maximum atomic E-state index is 12.9. The summed E-state index contributed by atoms with van der Waals surface area (Å²) in [6.45, 7) is 1.44. The van der Waals surface area contributed by atoms with E-state index in [1.807, 2.05) is 0 Å². The van der Waals surface area contributed by atoms with Crippen molar-refractivity contribution in [1.82, 2.24) is 0 Å². The molecule has 0 aliphatic rings. The Balaban J connectivity index is 1.85. The largest absolute Gasteiger partial charge is 0.489 e. The lowest BCUT2D eigenvalue weighted by Crippen LogP contribution is -2.12. The number of halogens is 3. The molecule has 2 aromatic carbocycles. The summed E-state index contributed by atoms with van der Waals surface area (Å²) in [6, 6.07) is 9.20. The van der Waals surface area contributed by atoms with E-state index in [0.717, 1.165) is 12.1 Å². The molecule has 0 bridgehead atoms. The standard InChI is InChI=1S/C19H13F3O5/c1-10-4-11(6-13(5-10)19(20,21)22)9-26-14-3-2-12-7-15(17(23)24)18(25)27-16(12)8-14/h2-8H,9H2,1H3,(H,23,24). The van der Waals surface area contributed by atoms with E-state index in [0.29, 0.717) is 16.5 Å². The zero-order valence-corrected chi connectivity index (χ0v) is 14.0. The smallest absolute Gasteiger partial charge is 0.416 e. The van der Waals surface area contributed by atoms with Crippen LogP contribution in [0.25, 0.3) is 11.0 Å². The highest BCUT2D eigenvalue weighted by Crippen LogP contribution is 2.31. The minimum absolute atomic E-state index is 0.114. The number of benzene rings is 2. The van der Waals surface area contributed by atoms with Crippen molar-refractivity contribution in [2.45, 2.75) is 19.7 Å². The van der Waals surface area contributed by atoms with Gasteiger partial charge in [-0.3, -0.25) is 0 Å². The van der Waals surface area contributed by atoms with E-state index in [1.165, 1.54) is 24.3 Å². The third kappa shape index (κ3) is 4.11. The zero-order chi connectivity index (χ0) is 19.8. The van der Waals surface area contributed by atoms with Gasteiger partial charge in [0.15, 0.2) is 0 Å². The minimum atomic E-state index is -4.45. The zero-order valence-electron chi connectivity index (χ0n) is 14.0. The molecule has 0 unspecified atom stereocenters. The summed E-state index contributed by atoms with van der Waals surface area (Å²) in [5, 5.41) is 9.31. The van der Waals surface area contributed by atoms with Gasteiger partial charge in [-0.15, -0.1) is 0 Å². The predicted molar refractivity (Wildman–Crippen MR) is 90.0 cm³/mol. The molecule has 1 heterocycles. The molecule has 3 aromatic rings. The molecule has 0 atom stereocenters. The lowest BCUT2D eigenvalue weighted by Gasteiger charge is -2.12. The van der Waals surface area contributed by atoms with Gasteiger partial charge < -0.3 is 14.3 Å². The number of hydrogen-bond acceptors (Lipinski definition) is 4. The molecule has 8 heteroatoms. The highest BCUT2D eigenvalue weighted by Gasteiger charge is 2.30. The van der Waals surface area contributed by atoms with Crippen LogP contribution in [0, 0.1) is 6.92 Å². The summed E-state index contributed by atoms with van der Waals surface area (Å²) in [5.74, 6) is -1.13. The SMILES string of the molecule is Cc1cc(COc2ccc3cc(C(=O)O)c(=O)oc3c2)cc(C(F)(F)F)c1. The molecule has 1 aromatic heterocycles. The van der Waals surface area contributed by atoms with Gasteiger partial charge in [-0.05, 0) is 42.8 Å². The van der Waals surface area contributed by atoms with Gasteiger partial charge in [-0.1, -0.05) is 11.6 Å². The fraction of sp³-hybridized carbons (Fsp3) is 0.158. The van der Waals surface area contributed by atoms with Crippen molar-refractivity contribution in [3.63, 3.8) is 0 Å². The van der Waals surface area contributed by atoms with Crippen molar-refractivity contribution < 1.29 is 32.2 Å². The predicted octanol–water partition coefficient (Wildman–Crippen LogP) is 4.40. The van der Waals surface area contributed by atoms with Gasteiger partial charge in [0.1, 0.15) is 23.5 Å². The molecule has 27 heavy (non-hydrogen) atoms. The Kier molecular flexibility index (Phi) is 4.65. The minimum Gasteiger partial charge on any atom is -0.489 e. The molecule has 0 saturated heterocycles. The molecule has 1 N–H and O–H groups in total. The Morgan fingerprint density at radius 2 is 1.89 bits per heavy atom. The first-order chi connectivity index (χ1) is 12.6. The van der Waals surface area contributed by atoms with Gasteiger partial charge in [0, 0.05) is 11.5 Å². The first-order valence-corrected chi connectivity index (χ1v) is 7.75. The molecule has 0 saturated carbocycles. The van der Waals surface area contributed by atoms with Crippen LogP contribution < -0.4 is 10.4 Å². The summed E-state index contributed by atoms with van der Waals surface area (Å²) in [5.41, 5.74) is -1.34. The summed E-state index contributed by atoms with van der Waals surface area (Å²) in [4.78, 5) is 22.6. The average Bonchev–Trinajstić information content (AvgIpc) is 2.57. The van der Waals surface area contributed by atoms with Crippen molar-refractivity contribution in [3.05, 3.63) is 75.1 Å². The lowest BCUT2D eigenvalue weighted by atomic mass is 10.1. The molecule has 0 fully saturated rings. The topological polar surface area (TPSA) is 76.7 Å². The van der Waals surface area contributed by atoms with Crippen molar-refractivity contribution in [1.29, 1.82) is 0 Å². The van der Waals surface area contributed by atoms with Gasteiger partial charge in [0.2, 0.25) is 0 Å². The molecule has 5 nitrogen and oxygen atoms in total. The number of alkyl halides is 3. The molecule has 0 aliphatic heterocycles. The summed E-state index contributed by atoms with van der Waals surface area (Å²) in [7, 11) is 0. The molecule has 0 spiro atoms. The van der Waals surface area contributed by atoms with E-state index < -0.39 is 28.9 Å². The molecule has 0 aliphatic carbocycles. The van der Waals surface area contributed by atoms with Gasteiger partial charge in [0.25, 0.3) is 0 Å². The molecule has 3 rings (SSSR count). The van der Waals surface area contributed by atoms with Crippen molar-refractivity contribution in [2.24, 2.45) is 0 Å². The van der Waals surface area contributed by atoms with Gasteiger partial charge in [-0.25, -0.2) is 9.59 Å². The van der Waals surface area contributed by atoms with E-state index in [2.05, 4.69) is 0 Å².